The number of carbonyl (C=O) groups excluding carboxylic acids is 1. The summed E-state index contributed by atoms with van der Waals surface area (Å²) in [7, 11) is 0. The highest BCUT2D eigenvalue weighted by molar-refractivity contribution is 6.32. The van der Waals surface area contributed by atoms with Gasteiger partial charge in [0, 0.05) is 10.7 Å². The summed E-state index contributed by atoms with van der Waals surface area (Å²) in [6.45, 7) is 5.05. The van der Waals surface area contributed by atoms with E-state index in [9.17, 15) is 10.1 Å². The van der Waals surface area contributed by atoms with Crippen LogP contribution in [0.25, 0.3) is 6.08 Å². The predicted octanol–water partition coefficient (Wildman–Crippen LogP) is 7.68. The van der Waals surface area contributed by atoms with E-state index in [1.165, 1.54) is 31.8 Å². The molecular formula is C26H30Cl2N2O3. The minimum Gasteiger partial charge on any atom is -0.490 e. The summed E-state index contributed by atoms with van der Waals surface area (Å²) in [5, 5.41) is 13.1. The first-order chi connectivity index (χ1) is 16.0. The molecule has 7 heteroatoms. The quantitative estimate of drug-likeness (QED) is 0.178. The highest BCUT2D eigenvalue weighted by Gasteiger charge is 2.15. The third-order valence-electron chi connectivity index (χ3n) is 4.85. The Hall–Kier alpha value is -2.68. The second kappa shape index (κ2) is 14.5. The van der Waals surface area contributed by atoms with Gasteiger partial charge in [0.25, 0.3) is 5.91 Å². The van der Waals surface area contributed by atoms with Gasteiger partial charge in [-0.1, -0.05) is 62.2 Å². The van der Waals surface area contributed by atoms with Crippen LogP contribution in [0, 0.1) is 11.3 Å². The van der Waals surface area contributed by atoms with Crippen molar-refractivity contribution in [2.24, 2.45) is 0 Å². The van der Waals surface area contributed by atoms with Gasteiger partial charge in [-0.25, -0.2) is 0 Å². The number of rotatable bonds is 13. The lowest BCUT2D eigenvalue weighted by Crippen LogP contribution is -2.13. The van der Waals surface area contributed by atoms with Crippen LogP contribution >= 0.6 is 23.2 Å². The summed E-state index contributed by atoms with van der Waals surface area (Å²) in [4.78, 5) is 12.5. The zero-order valence-corrected chi connectivity index (χ0v) is 20.6. The Morgan fingerprint density at radius 3 is 2.39 bits per heavy atom. The third kappa shape index (κ3) is 9.00. The molecule has 1 amide bonds. The van der Waals surface area contributed by atoms with E-state index >= 15 is 0 Å². The van der Waals surface area contributed by atoms with Crippen LogP contribution in [-0.4, -0.2) is 19.1 Å². The number of carbonyl (C=O) groups is 1. The molecule has 0 atom stereocenters. The van der Waals surface area contributed by atoms with Gasteiger partial charge in [0.05, 0.1) is 18.2 Å². The normalized spacial score (nSPS) is 11.1. The second-order valence-corrected chi connectivity index (χ2v) is 8.35. The maximum Gasteiger partial charge on any atom is 0.266 e. The second-order valence-electron chi connectivity index (χ2n) is 7.51. The molecule has 0 unspecified atom stereocenters. The van der Waals surface area contributed by atoms with Crippen molar-refractivity contribution in [2.45, 2.75) is 52.4 Å². The molecule has 0 saturated carbocycles. The van der Waals surface area contributed by atoms with Crippen LogP contribution < -0.4 is 14.8 Å². The van der Waals surface area contributed by atoms with Gasteiger partial charge in [-0.2, -0.15) is 5.26 Å². The topological polar surface area (TPSA) is 71.3 Å². The number of hydrogen-bond donors (Lipinski definition) is 1. The van der Waals surface area contributed by atoms with Crippen LogP contribution in [0.2, 0.25) is 10.0 Å². The Kier molecular flexibility index (Phi) is 11.6. The van der Waals surface area contributed by atoms with Crippen LogP contribution in [0.4, 0.5) is 5.69 Å². The molecule has 176 valence electrons. The van der Waals surface area contributed by atoms with E-state index in [1.54, 1.807) is 36.4 Å². The molecule has 0 bridgehead atoms. The fourth-order valence-electron chi connectivity index (χ4n) is 3.18. The number of nitrogens with zero attached hydrogens (tertiary/aromatic N) is 1. The van der Waals surface area contributed by atoms with Crippen LogP contribution in [-0.2, 0) is 4.79 Å². The minimum atomic E-state index is -0.530. The summed E-state index contributed by atoms with van der Waals surface area (Å²) < 4.78 is 11.6. The minimum absolute atomic E-state index is 0.0655. The lowest BCUT2D eigenvalue weighted by molar-refractivity contribution is -0.112. The van der Waals surface area contributed by atoms with Gasteiger partial charge in [0.15, 0.2) is 11.5 Å². The molecule has 0 spiro atoms. The summed E-state index contributed by atoms with van der Waals surface area (Å²) in [5.74, 6) is 0.434. The number of nitrogens with one attached hydrogen (secondary N) is 1. The number of unbranched alkanes of at least 4 members (excludes halogenated alkanes) is 5. The highest BCUT2D eigenvalue weighted by Crippen LogP contribution is 2.37. The fourth-order valence-corrected chi connectivity index (χ4v) is 3.58. The highest BCUT2D eigenvalue weighted by atomic mass is 35.5. The molecule has 0 aliphatic heterocycles. The summed E-state index contributed by atoms with van der Waals surface area (Å²) in [6, 6.07) is 12.0. The van der Waals surface area contributed by atoms with Gasteiger partial charge in [0.2, 0.25) is 0 Å². The predicted molar refractivity (Wildman–Crippen MR) is 135 cm³/mol. The summed E-state index contributed by atoms with van der Waals surface area (Å²) >= 11 is 12.3. The van der Waals surface area contributed by atoms with Crippen molar-refractivity contribution in [3.05, 3.63) is 57.6 Å². The number of benzene rings is 2. The number of amides is 1. The van der Waals surface area contributed by atoms with Crippen molar-refractivity contribution in [3.63, 3.8) is 0 Å². The maximum absolute atomic E-state index is 12.5. The molecule has 0 fully saturated rings. The summed E-state index contributed by atoms with van der Waals surface area (Å²) in [6.07, 6.45) is 8.45. The van der Waals surface area contributed by atoms with Crippen LogP contribution in [0.1, 0.15) is 57.9 Å². The van der Waals surface area contributed by atoms with E-state index in [0.29, 0.717) is 46.0 Å². The molecule has 5 nitrogen and oxygen atoms in total. The molecule has 0 aliphatic carbocycles. The van der Waals surface area contributed by atoms with E-state index in [-0.39, 0.29) is 5.57 Å². The molecule has 33 heavy (non-hydrogen) atoms. The van der Waals surface area contributed by atoms with E-state index in [1.807, 2.05) is 13.0 Å². The van der Waals surface area contributed by atoms with Crippen molar-refractivity contribution in [1.29, 1.82) is 5.26 Å². The summed E-state index contributed by atoms with van der Waals surface area (Å²) in [5.41, 5.74) is 1.04. The van der Waals surface area contributed by atoms with Gasteiger partial charge in [0.1, 0.15) is 11.6 Å². The van der Waals surface area contributed by atoms with Gasteiger partial charge >= 0.3 is 0 Å². The first-order valence-electron chi connectivity index (χ1n) is 11.3. The number of ether oxygens (including phenoxy) is 2. The van der Waals surface area contributed by atoms with E-state index in [0.717, 1.165) is 12.8 Å². The Bertz CT molecular complexity index is 982. The van der Waals surface area contributed by atoms with Gasteiger partial charge in [-0.3, -0.25) is 4.79 Å². The van der Waals surface area contributed by atoms with Gasteiger partial charge in [-0.15, -0.1) is 0 Å². The van der Waals surface area contributed by atoms with Crippen molar-refractivity contribution < 1.29 is 14.3 Å². The molecule has 2 aromatic carbocycles. The van der Waals surface area contributed by atoms with Crippen LogP contribution in [0.5, 0.6) is 11.5 Å². The standard InChI is InChI=1S/C26H30Cl2N2O3/c1-3-5-6-7-8-9-14-33-25-23(28)16-19(17-24(25)32-4-2)15-20(18-29)26(31)30-22-12-10-21(27)11-13-22/h10-13,15-17H,3-9,14H2,1-2H3,(H,30,31)/b20-15-. The Morgan fingerprint density at radius 2 is 1.73 bits per heavy atom. The number of hydrogen-bond acceptors (Lipinski definition) is 4. The number of anilines is 1. The largest absolute Gasteiger partial charge is 0.490 e. The Morgan fingerprint density at radius 1 is 1.03 bits per heavy atom. The number of halogens is 2. The van der Waals surface area contributed by atoms with Crippen molar-refractivity contribution >= 4 is 40.9 Å². The lowest BCUT2D eigenvalue weighted by Gasteiger charge is -2.14. The lowest BCUT2D eigenvalue weighted by atomic mass is 10.1. The maximum atomic E-state index is 12.5. The van der Waals surface area contributed by atoms with E-state index in [2.05, 4.69) is 12.2 Å². The Labute approximate surface area is 206 Å². The average molecular weight is 489 g/mol. The first-order valence-corrected chi connectivity index (χ1v) is 12.0. The Balaban J connectivity index is 2.11. The zero-order valence-electron chi connectivity index (χ0n) is 19.1. The van der Waals surface area contributed by atoms with Gasteiger partial charge < -0.3 is 14.8 Å². The first kappa shape index (κ1) is 26.6. The van der Waals surface area contributed by atoms with E-state index < -0.39 is 5.91 Å². The van der Waals surface area contributed by atoms with Crippen molar-refractivity contribution in [2.75, 3.05) is 18.5 Å². The zero-order chi connectivity index (χ0) is 24.1. The van der Waals surface area contributed by atoms with Gasteiger partial charge in [-0.05, 0) is 61.4 Å². The molecule has 0 heterocycles. The smallest absolute Gasteiger partial charge is 0.266 e. The molecule has 0 radical (unpaired) electrons. The monoisotopic (exact) mass is 488 g/mol. The molecule has 2 aromatic rings. The van der Waals surface area contributed by atoms with Crippen LogP contribution in [0.3, 0.4) is 0 Å². The molecule has 0 saturated heterocycles. The molecule has 2 rings (SSSR count). The average Bonchev–Trinajstić information content (AvgIpc) is 2.80. The fraction of sp³-hybridized carbons (Fsp3) is 0.385. The van der Waals surface area contributed by atoms with Crippen molar-refractivity contribution in [1.82, 2.24) is 0 Å². The van der Waals surface area contributed by atoms with Crippen LogP contribution in [0.15, 0.2) is 42.0 Å². The van der Waals surface area contributed by atoms with Crippen molar-refractivity contribution in [3.8, 4) is 17.6 Å². The molecular weight excluding hydrogens is 459 g/mol. The SMILES string of the molecule is CCCCCCCCOc1c(Cl)cc(/C=C(/C#N)C(=O)Nc2ccc(Cl)cc2)cc1OCC. The van der Waals surface area contributed by atoms with E-state index in [4.69, 9.17) is 32.7 Å². The third-order valence-corrected chi connectivity index (χ3v) is 5.39. The molecule has 1 N–H and O–H groups in total. The molecule has 0 aromatic heterocycles. The number of nitriles is 1. The molecule has 0 aliphatic rings.